The highest BCUT2D eigenvalue weighted by molar-refractivity contribution is 5.77. The number of hydrogen-bond acceptors (Lipinski definition) is 5. The van der Waals surface area contributed by atoms with E-state index in [9.17, 15) is 9.59 Å². The molecule has 142 valence electrons. The van der Waals surface area contributed by atoms with Crippen molar-refractivity contribution < 1.29 is 28.7 Å². The van der Waals surface area contributed by atoms with Crippen LogP contribution in [0.1, 0.15) is 38.3 Å². The standard InChI is InChI=1S/C19H26N2O5/c1-3-24-19(23)14-6-8-21(9-7-14)11-18(22)20-13(2)15-4-5-16-17(10-15)26-12-25-16/h4-5,10,13-14H,3,6-9,11-12H2,1-2H3,(H,20,22)/p+1/t13-/m0/s1. The summed E-state index contributed by atoms with van der Waals surface area (Å²) < 4.78 is 15.8. The summed E-state index contributed by atoms with van der Waals surface area (Å²) in [6.07, 6.45) is 1.55. The minimum absolute atomic E-state index is 0.0137. The maximum atomic E-state index is 12.4. The number of fused-ring (bicyclic) bond motifs is 1. The Morgan fingerprint density at radius 1 is 1.27 bits per heavy atom. The molecule has 0 unspecified atom stereocenters. The molecule has 7 nitrogen and oxygen atoms in total. The predicted molar refractivity (Wildman–Crippen MR) is 94.0 cm³/mol. The van der Waals surface area contributed by atoms with E-state index in [1.54, 1.807) is 0 Å². The minimum Gasteiger partial charge on any atom is -0.466 e. The van der Waals surface area contributed by atoms with Crippen molar-refractivity contribution >= 4 is 11.9 Å². The molecule has 0 spiro atoms. The van der Waals surface area contributed by atoms with Crippen molar-refractivity contribution in [1.82, 2.24) is 5.32 Å². The van der Waals surface area contributed by atoms with E-state index in [1.165, 1.54) is 4.90 Å². The number of quaternary nitrogens is 1. The number of ether oxygens (including phenoxy) is 3. The van der Waals surface area contributed by atoms with Gasteiger partial charge in [0.2, 0.25) is 6.79 Å². The largest absolute Gasteiger partial charge is 0.466 e. The van der Waals surface area contributed by atoms with E-state index in [4.69, 9.17) is 14.2 Å². The van der Waals surface area contributed by atoms with Crippen LogP contribution in [0.15, 0.2) is 18.2 Å². The van der Waals surface area contributed by atoms with Crippen LogP contribution in [-0.2, 0) is 14.3 Å². The number of likely N-dealkylation sites (tertiary alicyclic amines) is 1. The van der Waals surface area contributed by atoms with Gasteiger partial charge in [-0.05, 0) is 31.5 Å². The van der Waals surface area contributed by atoms with E-state index in [0.717, 1.165) is 43.0 Å². The fraction of sp³-hybridized carbons (Fsp3) is 0.579. The van der Waals surface area contributed by atoms with Gasteiger partial charge < -0.3 is 24.4 Å². The van der Waals surface area contributed by atoms with Gasteiger partial charge >= 0.3 is 5.97 Å². The first-order valence-corrected chi connectivity index (χ1v) is 9.26. The summed E-state index contributed by atoms with van der Waals surface area (Å²) in [7, 11) is 0. The first-order chi connectivity index (χ1) is 12.6. The molecule has 7 heteroatoms. The maximum absolute atomic E-state index is 12.4. The van der Waals surface area contributed by atoms with Gasteiger partial charge in [-0.25, -0.2) is 0 Å². The van der Waals surface area contributed by atoms with Crippen molar-refractivity contribution in [3.63, 3.8) is 0 Å². The van der Waals surface area contributed by atoms with E-state index in [-0.39, 0.29) is 30.6 Å². The van der Waals surface area contributed by atoms with Gasteiger partial charge in [-0.15, -0.1) is 0 Å². The molecule has 1 atom stereocenters. The summed E-state index contributed by atoms with van der Waals surface area (Å²) >= 11 is 0. The van der Waals surface area contributed by atoms with Gasteiger partial charge in [-0.1, -0.05) is 6.07 Å². The van der Waals surface area contributed by atoms with Crippen LogP contribution >= 0.6 is 0 Å². The lowest BCUT2D eigenvalue weighted by Crippen LogP contribution is -3.14. The molecule has 2 aliphatic heterocycles. The molecular formula is C19H27N2O5+. The molecule has 0 radical (unpaired) electrons. The van der Waals surface area contributed by atoms with Crippen LogP contribution in [-0.4, -0.2) is 44.9 Å². The lowest BCUT2D eigenvalue weighted by Gasteiger charge is -2.28. The Morgan fingerprint density at radius 2 is 2.00 bits per heavy atom. The molecule has 3 rings (SSSR count). The van der Waals surface area contributed by atoms with Crippen molar-refractivity contribution in [2.24, 2.45) is 5.92 Å². The van der Waals surface area contributed by atoms with Crippen LogP contribution in [0.25, 0.3) is 0 Å². The Morgan fingerprint density at radius 3 is 2.73 bits per heavy atom. The Kier molecular flexibility index (Phi) is 5.98. The normalized spacial score (nSPS) is 22.5. The fourth-order valence-electron chi connectivity index (χ4n) is 3.48. The van der Waals surface area contributed by atoms with E-state index in [1.807, 2.05) is 32.0 Å². The smallest absolute Gasteiger partial charge is 0.309 e. The van der Waals surface area contributed by atoms with E-state index in [0.29, 0.717) is 13.2 Å². The first kappa shape index (κ1) is 18.5. The van der Waals surface area contributed by atoms with E-state index >= 15 is 0 Å². The van der Waals surface area contributed by atoms with Crippen LogP contribution in [0.4, 0.5) is 0 Å². The highest BCUT2D eigenvalue weighted by atomic mass is 16.7. The molecule has 26 heavy (non-hydrogen) atoms. The van der Waals surface area contributed by atoms with Crippen LogP contribution in [0.3, 0.4) is 0 Å². The summed E-state index contributed by atoms with van der Waals surface area (Å²) in [5.41, 5.74) is 0.985. The van der Waals surface area contributed by atoms with Gasteiger partial charge in [0.15, 0.2) is 18.0 Å². The molecule has 0 bridgehead atoms. The lowest BCUT2D eigenvalue weighted by molar-refractivity contribution is -0.897. The van der Waals surface area contributed by atoms with Gasteiger partial charge in [0, 0.05) is 12.8 Å². The Labute approximate surface area is 153 Å². The first-order valence-electron chi connectivity index (χ1n) is 9.26. The van der Waals surface area contributed by atoms with Gasteiger partial charge in [0.1, 0.15) is 0 Å². The molecule has 2 aliphatic rings. The molecule has 2 heterocycles. The van der Waals surface area contributed by atoms with Crippen molar-refractivity contribution in [3.8, 4) is 11.5 Å². The quantitative estimate of drug-likeness (QED) is 0.718. The third-order valence-electron chi connectivity index (χ3n) is 5.00. The summed E-state index contributed by atoms with van der Waals surface area (Å²) in [5, 5.41) is 3.04. The van der Waals surface area contributed by atoms with E-state index in [2.05, 4.69) is 5.32 Å². The van der Waals surface area contributed by atoms with Crippen LogP contribution in [0.5, 0.6) is 11.5 Å². The summed E-state index contributed by atoms with van der Waals surface area (Å²) in [6, 6.07) is 5.61. The molecule has 1 aromatic carbocycles. The van der Waals surface area contributed by atoms with Gasteiger partial charge in [0.05, 0.1) is 31.7 Å². The highest BCUT2D eigenvalue weighted by Gasteiger charge is 2.29. The Bertz CT molecular complexity index is 655. The van der Waals surface area contributed by atoms with Crippen LogP contribution in [0, 0.1) is 5.92 Å². The average Bonchev–Trinajstić information content (AvgIpc) is 3.10. The number of piperidine rings is 1. The topological polar surface area (TPSA) is 78.3 Å². The molecular weight excluding hydrogens is 336 g/mol. The number of carbonyl (C=O) groups excluding carboxylic acids is 2. The van der Waals surface area contributed by atoms with E-state index < -0.39 is 0 Å². The second-order valence-corrected chi connectivity index (χ2v) is 6.85. The SMILES string of the molecule is CCOC(=O)C1CC[NH+](CC(=O)N[C@@H](C)c2ccc3c(c2)OCO3)CC1. The predicted octanol–water partition coefficient (Wildman–Crippen LogP) is 0.451. The highest BCUT2D eigenvalue weighted by Crippen LogP contribution is 2.34. The second-order valence-electron chi connectivity index (χ2n) is 6.85. The summed E-state index contributed by atoms with van der Waals surface area (Å²) in [6.45, 7) is 6.49. The number of carbonyl (C=O) groups is 2. The molecule has 0 saturated carbocycles. The third-order valence-corrected chi connectivity index (χ3v) is 5.00. The molecule has 0 aromatic heterocycles. The molecule has 1 amide bonds. The number of esters is 1. The number of rotatable bonds is 6. The maximum Gasteiger partial charge on any atom is 0.309 e. The number of nitrogens with one attached hydrogen (secondary N) is 2. The Hall–Kier alpha value is -2.28. The zero-order chi connectivity index (χ0) is 18.5. The number of amides is 1. The zero-order valence-corrected chi connectivity index (χ0v) is 15.4. The minimum atomic E-state index is -0.104. The summed E-state index contributed by atoms with van der Waals surface area (Å²) in [5.74, 6) is 1.35. The second kappa shape index (κ2) is 8.40. The number of hydrogen-bond donors (Lipinski definition) is 2. The Balaban J connectivity index is 1.45. The zero-order valence-electron chi connectivity index (χ0n) is 15.4. The fourth-order valence-corrected chi connectivity index (χ4v) is 3.48. The van der Waals surface area contributed by atoms with Gasteiger partial charge in [0.25, 0.3) is 5.91 Å². The molecule has 1 saturated heterocycles. The molecule has 1 aromatic rings. The van der Waals surface area contributed by atoms with Gasteiger partial charge in [-0.2, -0.15) is 0 Å². The number of benzene rings is 1. The van der Waals surface area contributed by atoms with Crippen LogP contribution in [0.2, 0.25) is 0 Å². The average molecular weight is 363 g/mol. The monoisotopic (exact) mass is 363 g/mol. The third kappa shape index (κ3) is 4.46. The molecule has 2 N–H and O–H groups in total. The van der Waals surface area contributed by atoms with Crippen molar-refractivity contribution in [2.75, 3.05) is 33.0 Å². The molecule has 1 fully saturated rings. The summed E-state index contributed by atoms with van der Waals surface area (Å²) in [4.78, 5) is 25.4. The molecule has 0 aliphatic carbocycles. The van der Waals surface area contributed by atoms with Crippen LogP contribution < -0.4 is 19.7 Å². The lowest BCUT2D eigenvalue weighted by atomic mass is 9.97. The van der Waals surface area contributed by atoms with Crippen molar-refractivity contribution in [2.45, 2.75) is 32.7 Å². The van der Waals surface area contributed by atoms with Crippen molar-refractivity contribution in [3.05, 3.63) is 23.8 Å². The van der Waals surface area contributed by atoms with Gasteiger partial charge in [-0.3, -0.25) is 9.59 Å². The van der Waals surface area contributed by atoms with Crippen molar-refractivity contribution in [1.29, 1.82) is 0 Å².